The van der Waals surface area contributed by atoms with E-state index in [2.05, 4.69) is 5.32 Å². The van der Waals surface area contributed by atoms with Crippen LogP contribution in [0.25, 0.3) is 0 Å². The summed E-state index contributed by atoms with van der Waals surface area (Å²) in [5, 5.41) is 3.11. The average Bonchev–Trinajstić information content (AvgIpc) is 3.54. The Morgan fingerprint density at radius 2 is 1.73 bits per heavy atom. The Balaban J connectivity index is 1.62. The lowest BCUT2D eigenvalue weighted by atomic mass is 10.1. The van der Waals surface area contributed by atoms with Crippen LogP contribution in [0.15, 0.2) is 42.5 Å². The van der Waals surface area contributed by atoms with E-state index in [4.69, 9.17) is 9.47 Å². The number of carbonyl (C=O) groups is 2. The lowest BCUT2D eigenvalue weighted by Gasteiger charge is -2.33. The molecule has 9 nitrogen and oxygen atoms in total. The molecular weight excluding hydrogens is 494 g/mol. The Morgan fingerprint density at radius 3 is 2.38 bits per heavy atom. The first-order chi connectivity index (χ1) is 17.7. The Kier molecular flexibility index (Phi) is 8.26. The van der Waals surface area contributed by atoms with Crippen LogP contribution < -0.4 is 19.1 Å². The quantitative estimate of drug-likeness (QED) is 0.506. The third kappa shape index (κ3) is 6.54. The van der Waals surface area contributed by atoms with Gasteiger partial charge in [0.1, 0.15) is 12.6 Å². The molecule has 2 aromatic rings. The summed E-state index contributed by atoms with van der Waals surface area (Å²) in [5.74, 6) is 0.262. The molecule has 10 heteroatoms. The van der Waals surface area contributed by atoms with Crippen LogP contribution >= 0.6 is 0 Å². The monoisotopic (exact) mass is 529 g/mol. The lowest BCUT2D eigenvalue weighted by Crippen LogP contribution is -2.53. The minimum Gasteiger partial charge on any atom is -0.454 e. The van der Waals surface area contributed by atoms with E-state index in [1.165, 1.54) is 4.90 Å². The molecule has 1 saturated carbocycles. The van der Waals surface area contributed by atoms with E-state index >= 15 is 0 Å². The lowest BCUT2D eigenvalue weighted by molar-refractivity contribution is -0.140. The molecule has 0 bridgehead atoms. The number of amides is 2. The second kappa shape index (κ2) is 11.4. The van der Waals surface area contributed by atoms with E-state index in [0.29, 0.717) is 23.6 Å². The fraction of sp³-hybridized carbons (Fsp3) is 0.481. The van der Waals surface area contributed by atoms with Gasteiger partial charge in [0.15, 0.2) is 11.5 Å². The maximum Gasteiger partial charge on any atom is 0.244 e. The highest BCUT2D eigenvalue weighted by molar-refractivity contribution is 7.92. The minimum atomic E-state index is -3.82. The fourth-order valence-corrected chi connectivity index (χ4v) is 5.67. The molecule has 0 radical (unpaired) electrons. The predicted molar refractivity (Wildman–Crippen MR) is 141 cm³/mol. The Labute approximate surface area is 218 Å². The summed E-state index contributed by atoms with van der Waals surface area (Å²) < 4.78 is 37.4. The molecule has 2 aliphatic rings. The second-order valence-electron chi connectivity index (χ2n) is 9.73. The predicted octanol–water partition coefficient (Wildman–Crippen LogP) is 3.36. The van der Waals surface area contributed by atoms with Gasteiger partial charge >= 0.3 is 0 Å². The van der Waals surface area contributed by atoms with Crippen LogP contribution in [0.3, 0.4) is 0 Å². The van der Waals surface area contributed by atoms with E-state index in [1.807, 2.05) is 38.1 Å². The van der Waals surface area contributed by atoms with Gasteiger partial charge in [0, 0.05) is 18.7 Å². The first-order valence-corrected chi connectivity index (χ1v) is 14.5. The largest absolute Gasteiger partial charge is 0.454 e. The molecule has 2 amide bonds. The van der Waals surface area contributed by atoms with Crippen LogP contribution in [0.2, 0.25) is 0 Å². The van der Waals surface area contributed by atoms with Crippen molar-refractivity contribution in [3.05, 3.63) is 53.6 Å². The molecule has 0 unspecified atom stereocenters. The van der Waals surface area contributed by atoms with Crippen LogP contribution in [-0.2, 0) is 26.2 Å². The number of carbonyl (C=O) groups excluding carboxylic acids is 2. The molecule has 1 atom stereocenters. The summed E-state index contributed by atoms with van der Waals surface area (Å²) >= 11 is 0. The number of benzene rings is 2. The fourth-order valence-electron chi connectivity index (χ4n) is 4.83. The van der Waals surface area contributed by atoms with Gasteiger partial charge in [0.25, 0.3) is 0 Å². The topological polar surface area (TPSA) is 105 Å². The molecule has 200 valence electrons. The number of nitrogens with one attached hydrogen (secondary N) is 1. The van der Waals surface area contributed by atoms with Crippen LogP contribution in [0.5, 0.6) is 11.5 Å². The van der Waals surface area contributed by atoms with Gasteiger partial charge in [-0.25, -0.2) is 8.42 Å². The maximum atomic E-state index is 13.8. The van der Waals surface area contributed by atoms with Crippen molar-refractivity contribution in [3.63, 3.8) is 0 Å². The number of hydrogen-bond acceptors (Lipinski definition) is 6. The van der Waals surface area contributed by atoms with Crippen molar-refractivity contribution in [1.82, 2.24) is 10.2 Å². The molecule has 1 heterocycles. The normalized spacial score (nSPS) is 15.9. The van der Waals surface area contributed by atoms with Gasteiger partial charge in [-0.3, -0.25) is 13.9 Å². The van der Waals surface area contributed by atoms with E-state index < -0.39 is 28.5 Å². The minimum absolute atomic E-state index is 0.0508. The molecule has 2 aromatic carbocycles. The molecule has 4 rings (SSSR count). The number of aryl methyl sites for hydroxylation is 1. The first kappa shape index (κ1) is 26.8. The number of ether oxygens (including phenoxy) is 2. The van der Waals surface area contributed by atoms with Crippen molar-refractivity contribution >= 4 is 27.5 Å². The van der Waals surface area contributed by atoms with E-state index in [9.17, 15) is 18.0 Å². The smallest absolute Gasteiger partial charge is 0.244 e. The summed E-state index contributed by atoms with van der Waals surface area (Å²) in [6.07, 6.45) is 5.47. The summed E-state index contributed by atoms with van der Waals surface area (Å²) in [6.45, 7) is 3.63. The number of sulfonamides is 1. The van der Waals surface area contributed by atoms with Gasteiger partial charge in [0.05, 0.1) is 11.9 Å². The number of anilines is 1. The molecule has 1 N–H and O–H groups in total. The zero-order valence-corrected chi connectivity index (χ0v) is 22.4. The average molecular weight is 530 g/mol. The van der Waals surface area contributed by atoms with Gasteiger partial charge in [-0.2, -0.15) is 0 Å². The molecule has 37 heavy (non-hydrogen) atoms. The summed E-state index contributed by atoms with van der Waals surface area (Å²) in [4.78, 5) is 28.6. The summed E-state index contributed by atoms with van der Waals surface area (Å²) in [7, 11) is -3.82. The molecule has 0 saturated heterocycles. The highest BCUT2D eigenvalue weighted by Crippen LogP contribution is 2.36. The van der Waals surface area contributed by atoms with Gasteiger partial charge in [0.2, 0.25) is 28.6 Å². The number of nitrogens with zero attached hydrogens (tertiary/aromatic N) is 2. The zero-order valence-electron chi connectivity index (χ0n) is 21.6. The third-order valence-corrected chi connectivity index (χ3v) is 8.02. The zero-order chi connectivity index (χ0) is 26.6. The first-order valence-electron chi connectivity index (χ1n) is 12.7. The highest BCUT2D eigenvalue weighted by atomic mass is 32.2. The van der Waals surface area contributed by atoms with Crippen molar-refractivity contribution in [2.24, 2.45) is 0 Å². The number of fused-ring (bicyclic) bond motifs is 1. The number of hydrogen-bond donors (Lipinski definition) is 1. The molecule has 1 aliphatic heterocycles. The maximum absolute atomic E-state index is 13.8. The van der Waals surface area contributed by atoms with E-state index in [1.54, 1.807) is 18.2 Å². The molecule has 1 aliphatic carbocycles. The number of rotatable bonds is 10. The molecule has 1 fully saturated rings. The van der Waals surface area contributed by atoms with Crippen molar-refractivity contribution in [2.75, 3.05) is 23.9 Å². The highest BCUT2D eigenvalue weighted by Gasteiger charge is 2.33. The van der Waals surface area contributed by atoms with Gasteiger partial charge < -0.3 is 19.7 Å². The van der Waals surface area contributed by atoms with Gasteiger partial charge in [-0.1, -0.05) is 49.6 Å². The van der Waals surface area contributed by atoms with Crippen LogP contribution in [-0.4, -0.2) is 56.8 Å². The Morgan fingerprint density at radius 1 is 1.05 bits per heavy atom. The van der Waals surface area contributed by atoms with Crippen LogP contribution in [0.4, 0.5) is 5.69 Å². The van der Waals surface area contributed by atoms with Crippen molar-refractivity contribution in [1.29, 1.82) is 0 Å². The molecule has 0 aromatic heterocycles. The van der Waals surface area contributed by atoms with E-state index in [-0.39, 0.29) is 25.3 Å². The summed E-state index contributed by atoms with van der Waals surface area (Å²) in [6, 6.07) is 11.9. The van der Waals surface area contributed by atoms with E-state index in [0.717, 1.165) is 47.4 Å². The van der Waals surface area contributed by atoms with Crippen LogP contribution in [0, 0.1) is 6.92 Å². The standard InChI is InChI=1S/C27H35N3O6S/c1-4-23(27(32)28-21-7-5-6-8-21)29(16-20-11-9-19(2)10-12-20)26(31)17-30(37(3,33)34)22-13-14-24-25(15-22)36-18-35-24/h9-15,21,23H,4-8,16-18H2,1-3H3,(H,28,32)/t23-/m1/s1. The van der Waals surface area contributed by atoms with Crippen molar-refractivity contribution in [2.45, 2.75) is 64.6 Å². The van der Waals surface area contributed by atoms with Gasteiger partial charge in [-0.05, 0) is 43.9 Å². The SMILES string of the molecule is CC[C@H](C(=O)NC1CCCC1)N(Cc1ccc(C)cc1)C(=O)CN(c1ccc2c(c1)OCO2)S(C)(=O)=O. The third-order valence-electron chi connectivity index (χ3n) is 6.88. The van der Waals surface area contributed by atoms with Crippen molar-refractivity contribution in [3.8, 4) is 11.5 Å². The molecular formula is C27H35N3O6S. The second-order valence-corrected chi connectivity index (χ2v) is 11.6. The van der Waals surface area contributed by atoms with Crippen molar-refractivity contribution < 1.29 is 27.5 Å². The van der Waals surface area contributed by atoms with Gasteiger partial charge in [-0.15, -0.1) is 0 Å². The van der Waals surface area contributed by atoms with Crippen LogP contribution in [0.1, 0.15) is 50.2 Å². The Bertz CT molecular complexity index is 1230. The Hall–Kier alpha value is -3.27. The molecule has 0 spiro atoms. The summed E-state index contributed by atoms with van der Waals surface area (Å²) in [5.41, 5.74) is 2.23.